The van der Waals surface area contributed by atoms with Crippen LogP contribution < -0.4 is 32.0 Å². The van der Waals surface area contributed by atoms with Gasteiger partial charge in [-0.25, -0.2) is 4.79 Å². The second kappa shape index (κ2) is 14.7. The number of aromatic carboxylic acids is 1. The van der Waals surface area contributed by atoms with Crippen LogP contribution in [0.25, 0.3) is 0 Å². The largest absolute Gasteiger partial charge is 0.496 e. The molecule has 6 saturated heterocycles. The van der Waals surface area contributed by atoms with Crippen molar-refractivity contribution in [3.05, 3.63) is 45.4 Å². The van der Waals surface area contributed by atoms with E-state index < -0.39 is 5.97 Å². The maximum absolute atomic E-state index is 12.5. The average molecular weight is 638 g/mol. The molecule has 43 heavy (non-hydrogen) atoms. The Morgan fingerprint density at radius 1 is 0.814 bits per heavy atom. The quantitative estimate of drug-likeness (QED) is 0.306. The molecular weight excluding hydrogens is 595 g/mol. The molecule has 13 heteroatoms. The zero-order valence-electron chi connectivity index (χ0n) is 24.7. The molecule has 2 aromatic carbocycles. The first kappa shape index (κ1) is 32.9. The Bertz CT molecular complexity index is 1300. The summed E-state index contributed by atoms with van der Waals surface area (Å²) in [7, 11) is 2.89. The molecule has 8 N–H and O–H groups in total. The van der Waals surface area contributed by atoms with Crippen molar-refractivity contribution in [3.8, 4) is 11.5 Å². The molecule has 6 aliphatic rings. The molecule has 8 rings (SSSR count). The average Bonchev–Trinajstić information content (AvgIpc) is 3.01. The van der Waals surface area contributed by atoms with E-state index in [2.05, 4.69) is 15.1 Å². The van der Waals surface area contributed by atoms with Gasteiger partial charge < -0.3 is 46.9 Å². The number of carboxylic acid groups (broad SMARTS) is 1. The number of nitrogen functional groups attached to an aromatic ring is 2. The number of fused-ring (bicyclic) bond motifs is 6. The molecule has 1 amide bonds. The zero-order valence-corrected chi connectivity index (χ0v) is 26.2. The monoisotopic (exact) mass is 636 g/mol. The summed E-state index contributed by atoms with van der Waals surface area (Å²) in [5.74, 6) is 0.848. The summed E-state index contributed by atoms with van der Waals surface area (Å²) in [5.41, 5.74) is 18.2. The van der Waals surface area contributed by atoms with E-state index in [1.54, 1.807) is 12.1 Å². The Kier molecular flexibility index (Phi) is 11.2. The van der Waals surface area contributed by atoms with Crippen LogP contribution in [0.1, 0.15) is 46.4 Å². The smallest absolute Gasteiger partial charge is 0.339 e. The van der Waals surface area contributed by atoms with Crippen molar-refractivity contribution < 1.29 is 24.2 Å². The molecule has 0 spiro atoms. The van der Waals surface area contributed by atoms with E-state index in [1.807, 2.05) is 0 Å². The van der Waals surface area contributed by atoms with Crippen molar-refractivity contribution in [2.45, 2.75) is 37.8 Å². The second-order valence-electron chi connectivity index (χ2n) is 11.5. The fraction of sp³-hybridized carbons (Fsp3) is 0.533. The number of nitrogens with zero attached hydrogens (tertiary/aromatic N) is 2. The van der Waals surface area contributed by atoms with E-state index in [-0.39, 0.29) is 28.3 Å². The molecule has 6 heterocycles. The summed E-state index contributed by atoms with van der Waals surface area (Å²) in [6, 6.07) is 6.51. The molecule has 0 saturated carbocycles. The van der Waals surface area contributed by atoms with Crippen LogP contribution in [0.4, 0.5) is 11.4 Å². The van der Waals surface area contributed by atoms with Crippen LogP contribution in [0.2, 0.25) is 10.0 Å². The van der Waals surface area contributed by atoms with Crippen molar-refractivity contribution in [2.75, 3.05) is 65.0 Å². The molecule has 11 nitrogen and oxygen atoms in total. The molecule has 236 valence electrons. The number of amides is 1. The van der Waals surface area contributed by atoms with Gasteiger partial charge in [0.2, 0.25) is 0 Å². The number of carbonyl (C=O) groups is 2. The maximum Gasteiger partial charge on any atom is 0.339 e. The van der Waals surface area contributed by atoms with E-state index in [0.29, 0.717) is 39.7 Å². The number of carboxylic acids is 1. The topological polar surface area (TPSA) is 169 Å². The number of benzene rings is 2. The Labute approximate surface area is 262 Å². The van der Waals surface area contributed by atoms with Gasteiger partial charge in [-0.1, -0.05) is 23.2 Å². The zero-order chi connectivity index (χ0) is 31.3. The number of methoxy groups -OCH3 is 2. The highest BCUT2D eigenvalue weighted by Gasteiger charge is 2.35. The maximum atomic E-state index is 12.5. The fourth-order valence-corrected chi connectivity index (χ4v) is 6.53. The van der Waals surface area contributed by atoms with Gasteiger partial charge in [0.15, 0.2) is 0 Å². The molecule has 6 aliphatic heterocycles. The van der Waals surface area contributed by atoms with E-state index in [4.69, 9.17) is 55.0 Å². The van der Waals surface area contributed by atoms with Crippen LogP contribution in [0.15, 0.2) is 24.3 Å². The molecule has 0 unspecified atom stereocenters. The summed E-state index contributed by atoms with van der Waals surface area (Å²) in [6.45, 7) is 6.99. The summed E-state index contributed by atoms with van der Waals surface area (Å²) in [4.78, 5) is 28.1. The first-order valence-corrected chi connectivity index (χ1v) is 15.3. The lowest BCUT2D eigenvalue weighted by Crippen LogP contribution is -2.57. The number of halogens is 2. The minimum Gasteiger partial charge on any atom is -0.496 e. The van der Waals surface area contributed by atoms with Crippen molar-refractivity contribution in [3.63, 3.8) is 0 Å². The van der Waals surface area contributed by atoms with Crippen LogP contribution in [0, 0.1) is 11.8 Å². The summed E-state index contributed by atoms with van der Waals surface area (Å²) >= 11 is 11.7. The Balaban J connectivity index is 0.000000163. The van der Waals surface area contributed by atoms with Crippen LogP contribution in [0.5, 0.6) is 11.5 Å². The van der Waals surface area contributed by atoms with Crippen molar-refractivity contribution >= 4 is 46.5 Å². The van der Waals surface area contributed by atoms with Gasteiger partial charge in [-0.3, -0.25) is 4.79 Å². The Morgan fingerprint density at radius 2 is 1.28 bits per heavy atom. The molecule has 2 atom stereocenters. The molecule has 6 fully saturated rings. The highest BCUT2D eigenvalue weighted by Crippen LogP contribution is 2.31. The summed E-state index contributed by atoms with van der Waals surface area (Å²) in [5, 5.41) is 12.4. The first-order chi connectivity index (χ1) is 20.5. The number of rotatable bonds is 5. The van der Waals surface area contributed by atoms with E-state index in [9.17, 15) is 9.59 Å². The summed E-state index contributed by atoms with van der Waals surface area (Å²) in [6.07, 6.45) is 5.01. The van der Waals surface area contributed by atoms with Gasteiger partial charge in [-0.15, -0.1) is 0 Å². The lowest BCUT2D eigenvalue weighted by Gasteiger charge is -2.44. The molecule has 0 aromatic heterocycles. The number of anilines is 2. The van der Waals surface area contributed by atoms with Crippen LogP contribution in [-0.4, -0.2) is 92.4 Å². The number of piperidine rings is 6. The van der Waals surface area contributed by atoms with E-state index in [1.165, 1.54) is 52.3 Å². The first-order valence-electron chi connectivity index (χ1n) is 14.5. The minimum absolute atomic E-state index is 0.00157. The highest BCUT2D eigenvalue weighted by atomic mass is 35.5. The Morgan fingerprint density at radius 3 is 1.65 bits per heavy atom. The van der Waals surface area contributed by atoms with Crippen molar-refractivity contribution in [1.82, 2.24) is 15.1 Å². The third-order valence-corrected chi connectivity index (χ3v) is 9.45. The van der Waals surface area contributed by atoms with Gasteiger partial charge in [0.05, 0.1) is 41.2 Å². The third kappa shape index (κ3) is 8.16. The fourth-order valence-electron chi connectivity index (χ4n) is 6.21. The second-order valence-corrected chi connectivity index (χ2v) is 12.3. The van der Waals surface area contributed by atoms with Gasteiger partial charge in [-0.2, -0.15) is 0 Å². The van der Waals surface area contributed by atoms with E-state index in [0.717, 1.165) is 44.9 Å². The van der Waals surface area contributed by atoms with Crippen molar-refractivity contribution in [1.29, 1.82) is 0 Å². The predicted molar refractivity (Wildman–Crippen MR) is 169 cm³/mol. The number of ether oxygens (including phenoxy) is 2. The molecule has 4 bridgehead atoms. The molecule has 0 aliphatic carbocycles. The van der Waals surface area contributed by atoms with Crippen molar-refractivity contribution in [2.24, 2.45) is 17.6 Å². The standard InChI is InChI=1S/C15H20ClN3O2.C8H8ClNO3.C7H14N2/c1-21-14-7-12(17)11(16)6-10(14)15(20)18-13-8-19-4-2-9(13)3-5-19;1-13-7-3-6(10)5(9)2-4(7)8(11)12;8-7-5-9-3-1-6(7)2-4-9/h6-7,9,13H,2-5,8,17H2,1H3,(H,18,20);2-3H,10H2,1H3,(H,11,12);6-7H,1-5,8H2/t13-;;7-/m1.1/s1. The molecule has 2 aromatic rings. The normalized spacial score (nSPS) is 26.7. The Hall–Kier alpha value is -2.96. The van der Waals surface area contributed by atoms with Crippen LogP contribution in [0.3, 0.4) is 0 Å². The number of nitrogens with one attached hydrogen (secondary N) is 1. The SMILES string of the molecule is COc1cc(N)c(Cl)cc1C(=O)N[C@@H]1CN2CCC1CC2.COc1cc(N)c(Cl)cc1C(=O)O.N[C@@H]1CN2CCC1CC2. The minimum atomic E-state index is -1.10. The number of hydrogen-bond donors (Lipinski definition) is 5. The van der Waals surface area contributed by atoms with Gasteiger partial charge >= 0.3 is 5.97 Å². The van der Waals surface area contributed by atoms with Gasteiger partial charge in [-0.05, 0) is 75.8 Å². The third-order valence-electron chi connectivity index (χ3n) is 8.79. The predicted octanol–water partition coefficient (Wildman–Crippen LogP) is 3.42. The van der Waals surface area contributed by atoms with E-state index >= 15 is 0 Å². The molecule has 0 radical (unpaired) electrons. The van der Waals surface area contributed by atoms with Gasteiger partial charge in [0.25, 0.3) is 5.91 Å². The molecular formula is C30H42Cl2N6O5. The van der Waals surface area contributed by atoms with Gasteiger partial charge in [0.1, 0.15) is 17.1 Å². The number of carbonyl (C=O) groups excluding carboxylic acids is 1. The number of hydrogen-bond acceptors (Lipinski definition) is 9. The van der Waals surface area contributed by atoms with Crippen LogP contribution in [-0.2, 0) is 0 Å². The summed E-state index contributed by atoms with van der Waals surface area (Å²) < 4.78 is 10.1. The number of nitrogens with two attached hydrogens (primary N) is 3. The lowest BCUT2D eigenvalue weighted by atomic mass is 9.84. The highest BCUT2D eigenvalue weighted by molar-refractivity contribution is 6.34. The van der Waals surface area contributed by atoms with Crippen LogP contribution >= 0.6 is 23.2 Å². The lowest BCUT2D eigenvalue weighted by molar-refractivity contribution is 0.0618. The van der Waals surface area contributed by atoms with Gasteiger partial charge in [0, 0.05) is 37.3 Å².